The van der Waals surface area contributed by atoms with Gasteiger partial charge >= 0.3 is 0 Å². The van der Waals surface area contributed by atoms with E-state index in [0.29, 0.717) is 24.4 Å². The fourth-order valence-electron chi connectivity index (χ4n) is 4.44. The number of nitrogens with zero attached hydrogens (tertiary/aromatic N) is 1. The van der Waals surface area contributed by atoms with E-state index in [9.17, 15) is 4.79 Å². The van der Waals surface area contributed by atoms with Crippen LogP contribution in [0.3, 0.4) is 0 Å². The molecule has 1 saturated heterocycles. The Morgan fingerprint density at radius 3 is 2.74 bits per heavy atom. The molecule has 1 heterocycles. The summed E-state index contributed by atoms with van der Waals surface area (Å²) in [4.78, 5) is 14.1. The quantitative estimate of drug-likeness (QED) is 0.776. The van der Waals surface area contributed by atoms with Gasteiger partial charge in [-0.15, -0.1) is 0 Å². The summed E-state index contributed by atoms with van der Waals surface area (Å²) in [6, 6.07) is 0.331. The SMILES string of the molecule is CC(NC(=O)CN1CC(CO)C1)C1CC2CCC1C2. The van der Waals surface area contributed by atoms with Crippen molar-refractivity contribution >= 4 is 5.91 Å². The first kappa shape index (κ1) is 13.4. The third-order valence-corrected chi connectivity index (χ3v) is 5.48. The maximum atomic E-state index is 12.0. The van der Waals surface area contributed by atoms with E-state index in [1.54, 1.807) is 0 Å². The van der Waals surface area contributed by atoms with E-state index in [2.05, 4.69) is 17.1 Å². The van der Waals surface area contributed by atoms with Crippen LogP contribution in [-0.2, 0) is 4.79 Å². The molecule has 0 aromatic rings. The van der Waals surface area contributed by atoms with E-state index >= 15 is 0 Å². The van der Waals surface area contributed by atoms with Crippen LogP contribution in [0.4, 0.5) is 0 Å². The number of hydrogen-bond acceptors (Lipinski definition) is 3. The highest BCUT2D eigenvalue weighted by Gasteiger charge is 2.42. The average molecular weight is 266 g/mol. The van der Waals surface area contributed by atoms with Crippen molar-refractivity contribution < 1.29 is 9.90 Å². The summed E-state index contributed by atoms with van der Waals surface area (Å²) in [7, 11) is 0. The molecule has 0 aromatic carbocycles. The van der Waals surface area contributed by atoms with Gasteiger partial charge in [0.25, 0.3) is 0 Å². The zero-order valence-corrected chi connectivity index (χ0v) is 11.8. The van der Waals surface area contributed by atoms with Crippen LogP contribution in [0.2, 0.25) is 0 Å². The number of carbonyl (C=O) groups is 1. The Bertz CT molecular complexity index is 341. The fourth-order valence-corrected chi connectivity index (χ4v) is 4.44. The van der Waals surface area contributed by atoms with Crippen LogP contribution in [0, 0.1) is 23.7 Å². The summed E-state index contributed by atoms with van der Waals surface area (Å²) >= 11 is 0. The van der Waals surface area contributed by atoms with Crippen molar-refractivity contribution in [1.29, 1.82) is 0 Å². The first-order chi connectivity index (χ1) is 9.15. The molecule has 0 aromatic heterocycles. The van der Waals surface area contributed by atoms with Crippen molar-refractivity contribution in [2.75, 3.05) is 26.2 Å². The number of rotatable bonds is 5. The Labute approximate surface area is 115 Å². The molecule has 3 aliphatic rings. The summed E-state index contributed by atoms with van der Waals surface area (Å²) < 4.78 is 0. The third kappa shape index (κ3) is 2.79. The lowest BCUT2D eigenvalue weighted by Crippen LogP contribution is -2.53. The maximum absolute atomic E-state index is 12.0. The van der Waals surface area contributed by atoms with Crippen molar-refractivity contribution in [3.63, 3.8) is 0 Å². The van der Waals surface area contributed by atoms with E-state index < -0.39 is 0 Å². The molecule has 0 radical (unpaired) electrons. The first-order valence-corrected chi connectivity index (χ1v) is 7.78. The van der Waals surface area contributed by atoms with E-state index in [4.69, 9.17) is 5.11 Å². The van der Waals surface area contributed by atoms with Crippen LogP contribution in [0.5, 0.6) is 0 Å². The largest absolute Gasteiger partial charge is 0.396 e. The van der Waals surface area contributed by atoms with Gasteiger partial charge in [0.15, 0.2) is 0 Å². The lowest BCUT2D eigenvalue weighted by molar-refractivity contribution is -0.125. The number of fused-ring (bicyclic) bond motifs is 2. The van der Waals surface area contributed by atoms with E-state index in [1.807, 2.05) is 0 Å². The average Bonchev–Trinajstić information content (AvgIpc) is 2.95. The van der Waals surface area contributed by atoms with Crippen LogP contribution in [-0.4, -0.2) is 48.2 Å². The normalized spacial score (nSPS) is 36.2. The summed E-state index contributed by atoms with van der Waals surface area (Å²) in [5.41, 5.74) is 0. The Balaban J connectivity index is 1.40. The minimum atomic E-state index is 0.159. The Morgan fingerprint density at radius 1 is 1.37 bits per heavy atom. The molecule has 2 N–H and O–H groups in total. The molecule has 0 spiro atoms. The van der Waals surface area contributed by atoms with E-state index in [1.165, 1.54) is 25.7 Å². The van der Waals surface area contributed by atoms with Gasteiger partial charge in [0.05, 0.1) is 6.54 Å². The number of hydrogen-bond donors (Lipinski definition) is 2. The van der Waals surface area contributed by atoms with Crippen molar-refractivity contribution in [3.05, 3.63) is 0 Å². The molecule has 1 aliphatic heterocycles. The topological polar surface area (TPSA) is 52.6 Å². The molecule has 19 heavy (non-hydrogen) atoms. The maximum Gasteiger partial charge on any atom is 0.234 e. The first-order valence-electron chi connectivity index (χ1n) is 7.78. The van der Waals surface area contributed by atoms with Gasteiger partial charge in [-0.05, 0) is 43.9 Å². The van der Waals surface area contributed by atoms with Crippen molar-refractivity contribution in [2.45, 2.75) is 38.6 Å². The monoisotopic (exact) mass is 266 g/mol. The third-order valence-electron chi connectivity index (χ3n) is 5.48. The summed E-state index contributed by atoms with van der Waals surface area (Å²) in [6.45, 7) is 4.66. The molecule has 2 bridgehead atoms. The molecule has 2 aliphatic carbocycles. The molecule has 3 rings (SSSR count). The minimum Gasteiger partial charge on any atom is -0.396 e. The van der Waals surface area contributed by atoms with Gasteiger partial charge in [0.2, 0.25) is 5.91 Å². The molecule has 4 atom stereocenters. The zero-order valence-electron chi connectivity index (χ0n) is 11.8. The smallest absolute Gasteiger partial charge is 0.234 e. The fraction of sp³-hybridized carbons (Fsp3) is 0.933. The van der Waals surface area contributed by atoms with Crippen LogP contribution >= 0.6 is 0 Å². The van der Waals surface area contributed by atoms with Crippen molar-refractivity contribution in [3.8, 4) is 0 Å². The Morgan fingerprint density at radius 2 is 2.16 bits per heavy atom. The Kier molecular flexibility index (Phi) is 3.81. The van der Waals surface area contributed by atoms with Crippen molar-refractivity contribution in [1.82, 2.24) is 10.2 Å². The van der Waals surface area contributed by atoms with Gasteiger partial charge in [0, 0.05) is 31.7 Å². The minimum absolute atomic E-state index is 0.159. The summed E-state index contributed by atoms with van der Waals surface area (Å²) in [5, 5.41) is 12.2. The van der Waals surface area contributed by atoms with Crippen LogP contribution in [0.25, 0.3) is 0 Å². The van der Waals surface area contributed by atoms with Crippen LogP contribution in [0.15, 0.2) is 0 Å². The molecule has 2 saturated carbocycles. The number of aliphatic hydroxyl groups is 1. The molecule has 4 unspecified atom stereocenters. The number of likely N-dealkylation sites (tertiary alicyclic amines) is 1. The second-order valence-corrected chi connectivity index (χ2v) is 6.94. The molecule has 1 amide bonds. The van der Waals surface area contributed by atoms with Gasteiger partial charge in [-0.25, -0.2) is 0 Å². The van der Waals surface area contributed by atoms with E-state index in [-0.39, 0.29) is 12.5 Å². The molecule has 3 fully saturated rings. The summed E-state index contributed by atoms with van der Waals surface area (Å²) in [6.07, 6.45) is 5.51. The molecule has 4 nitrogen and oxygen atoms in total. The van der Waals surface area contributed by atoms with Gasteiger partial charge in [-0.3, -0.25) is 9.69 Å². The predicted octanol–water partition coefficient (Wildman–Crippen LogP) is 0.851. The van der Waals surface area contributed by atoms with Gasteiger partial charge in [-0.1, -0.05) is 6.42 Å². The van der Waals surface area contributed by atoms with Crippen LogP contribution < -0.4 is 5.32 Å². The highest BCUT2D eigenvalue weighted by Crippen LogP contribution is 2.49. The van der Waals surface area contributed by atoms with Gasteiger partial charge < -0.3 is 10.4 Å². The van der Waals surface area contributed by atoms with Crippen molar-refractivity contribution in [2.24, 2.45) is 23.7 Å². The number of carbonyl (C=O) groups excluding carboxylic acids is 1. The highest BCUT2D eigenvalue weighted by molar-refractivity contribution is 5.78. The lowest BCUT2D eigenvalue weighted by Gasteiger charge is -2.38. The summed E-state index contributed by atoms with van der Waals surface area (Å²) in [5.74, 6) is 3.06. The predicted molar refractivity (Wildman–Crippen MR) is 73.6 cm³/mol. The molecular weight excluding hydrogens is 240 g/mol. The zero-order chi connectivity index (χ0) is 13.4. The second kappa shape index (κ2) is 5.41. The van der Waals surface area contributed by atoms with Gasteiger partial charge in [-0.2, -0.15) is 0 Å². The number of aliphatic hydroxyl groups excluding tert-OH is 1. The van der Waals surface area contributed by atoms with E-state index in [0.717, 1.165) is 24.9 Å². The number of amides is 1. The standard InChI is InChI=1S/C15H26N2O2/c1-10(14-5-11-2-3-13(14)4-11)16-15(19)8-17-6-12(7-17)9-18/h10-14,18H,2-9H2,1H3,(H,16,19). The molecule has 4 heteroatoms. The van der Waals surface area contributed by atoms with Gasteiger partial charge in [0.1, 0.15) is 0 Å². The second-order valence-electron chi connectivity index (χ2n) is 6.94. The highest BCUT2D eigenvalue weighted by atomic mass is 16.3. The molecular formula is C15H26N2O2. The Hall–Kier alpha value is -0.610. The number of nitrogens with one attached hydrogen (secondary N) is 1. The molecule has 108 valence electrons. The lowest BCUT2D eigenvalue weighted by atomic mass is 9.84. The van der Waals surface area contributed by atoms with Crippen LogP contribution in [0.1, 0.15) is 32.6 Å².